The van der Waals surface area contributed by atoms with Gasteiger partial charge in [-0.2, -0.15) is 0 Å². The van der Waals surface area contributed by atoms with Crippen molar-refractivity contribution < 1.29 is 0 Å². The fourth-order valence-corrected chi connectivity index (χ4v) is 5.55. The van der Waals surface area contributed by atoms with Gasteiger partial charge in [0.15, 0.2) is 5.16 Å². The number of aryl methyl sites for hydroxylation is 1. The standard InChI is InChI=1S/C21H22N2OS2/c1-3-11-25-21-22-19-18(16-12-14(2)9-10-17(16)26-19)20(24)23(21)13-15-7-5-4-6-8-15/h3-8,14H,1,9-13H2,2H3/t14-/m0/s1. The van der Waals surface area contributed by atoms with E-state index in [1.807, 2.05) is 28.8 Å². The van der Waals surface area contributed by atoms with Crippen LogP contribution in [0.15, 0.2) is 52.9 Å². The van der Waals surface area contributed by atoms with E-state index in [0.717, 1.165) is 39.5 Å². The summed E-state index contributed by atoms with van der Waals surface area (Å²) in [6.45, 7) is 6.63. The van der Waals surface area contributed by atoms with Crippen molar-refractivity contribution in [2.75, 3.05) is 5.75 Å². The summed E-state index contributed by atoms with van der Waals surface area (Å²) in [5.74, 6) is 1.38. The van der Waals surface area contributed by atoms with Gasteiger partial charge >= 0.3 is 0 Å². The quantitative estimate of drug-likeness (QED) is 0.357. The number of benzene rings is 1. The van der Waals surface area contributed by atoms with E-state index in [-0.39, 0.29) is 5.56 Å². The molecule has 0 radical (unpaired) electrons. The summed E-state index contributed by atoms with van der Waals surface area (Å²) in [5, 5.41) is 1.65. The summed E-state index contributed by atoms with van der Waals surface area (Å²) in [7, 11) is 0. The lowest BCUT2D eigenvalue weighted by atomic mass is 9.89. The molecule has 26 heavy (non-hydrogen) atoms. The Hall–Kier alpha value is -1.85. The fraction of sp³-hybridized carbons (Fsp3) is 0.333. The molecule has 0 spiro atoms. The number of thiophene rings is 1. The predicted octanol–water partition coefficient (Wildman–Crippen LogP) is 4.91. The molecule has 0 N–H and O–H groups in total. The number of aromatic nitrogens is 2. The van der Waals surface area contributed by atoms with Crippen molar-refractivity contribution in [3.63, 3.8) is 0 Å². The van der Waals surface area contributed by atoms with Crippen LogP contribution in [0.3, 0.4) is 0 Å². The Balaban J connectivity index is 1.89. The number of hydrogen-bond donors (Lipinski definition) is 0. The van der Waals surface area contributed by atoms with Gasteiger partial charge in [-0.15, -0.1) is 17.9 Å². The number of hydrogen-bond acceptors (Lipinski definition) is 4. The lowest BCUT2D eigenvalue weighted by Crippen LogP contribution is -2.24. The van der Waals surface area contributed by atoms with Gasteiger partial charge in [0.25, 0.3) is 5.56 Å². The average Bonchev–Trinajstić information content (AvgIpc) is 3.01. The van der Waals surface area contributed by atoms with Crippen LogP contribution < -0.4 is 5.56 Å². The van der Waals surface area contributed by atoms with E-state index in [1.165, 1.54) is 16.9 Å². The Morgan fingerprint density at radius 1 is 1.38 bits per heavy atom. The first-order valence-corrected chi connectivity index (χ1v) is 10.8. The van der Waals surface area contributed by atoms with E-state index in [2.05, 4.69) is 25.6 Å². The average molecular weight is 383 g/mol. The third kappa shape index (κ3) is 3.26. The highest BCUT2D eigenvalue weighted by molar-refractivity contribution is 7.99. The summed E-state index contributed by atoms with van der Waals surface area (Å²) >= 11 is 3.30. The van der Waals surface area contributed by atoms with Crippen LogP contribution in [0.4, 0.5) is 0 Å². The van der Waals surface area contributed by atoms with Gasteiger partial charge in [0.05, 0.1) is 11.9 Å². The Kier molecular flexibility index (Phi) is 5.00. The third-order valence-corrected chi connectivity index (χ3v) is 7.05. The van der Waals surface area contributed by atoms with E-state index >= 15 is 0 Å². The van der Waals surface area contributed by atoms with Gasteiger partial charge in [-0.1, -0.05) is 55.1 Å². The van der Waals surface area contributed by atoms with E-state index in [4.69, 9.17) is 4.98 Å². The van der Waals surface area contributed by atoms with Crippen molar-refractivity contribution in [2.24, 2.45) is 5.92 Å². The molecule has 0 fully saturated rings. The number of fused-ring (bicyclic) bond motifs is 3. The number of thioether (sulfide) groups is 1. The highest BCUT2D eigenvalue weighted by Crippen LogP contribution is 2.36. The number of rotatable bonds is 5. The molecule has 2 heterocycles. The van der Waals surface area contributed by atoms with Crippen molar-refractivity contribution in [1.82, 2.24) is 9.55 Å². The van der Waals surface area contributed by atoms with Crippen LogP contribution in [0, 0.1) is 5.92 Å². The molecule has 1 aliphatic carbocycles. The van der Waals surface area contributed by atoms with Crippen molar-refractivity contribution in [3.05, 3.63) is 69.3 Å². The fourth-order valence-electron chi connectivity index (χ4n) is 3.56. The van der Waals surface area contributed by atoms with E-state index in [0.29, 0.717) is 12.5 Å². The first kappa shape index (κ1) is 17.6. The lowest BCUT2D eigenvalue weighted by Gasteiger charge is -2.18. The van der Waals surface area contributed by atoms with Crippen LogP contribution in [-0.4, -0.2) is 15.3 Å². The second-order valence-electron chi connectivity index (χ2n) is 6.90. The highest BCUT2D eigenvalue weighted by Gasteiger charge is 2.24. The Morgan fingerprint density at radius 3 is 2.96 bits per heavy atom. The molecular formula is C21H22N2OS2. The van der Waals surface area contributed by atoms with E-state index < -0.39 is 0 Å². The zero-order chi connectivity index (χ0) is 18.1. The van der Waals surface area contributed by atoms with Crippen LogP contribution in [0.5, 0.6) is 0 Å². The molecule has 2 aromatic heterocycles. The molecule has 3 aromatic rings. The van der Waals surface area contributed by atoms with Crippen LogP contribution in [0.25, 0.3) is 10.2 Å². The van der Waals surface area contributed by atoms with E-state index in [9.17, 15) is 4.79 Å². The molecular weight excluding hydrogens is 360 g/mol. The Bertz CT molecular complexity index is 1000. The first-order valence-electron chi connectivity index (χ1n) is 9.00. The second kappa shape index (κ2) is 7.41. The van der Waals surface area contributed by atoms with Gasteiger partial charge in [0, 0.05) is 10.6 Å². The van der Waals surface area contributed by atoms with Crippen LogP contribution in [0.2, 0.25) is 0 Å². The summed E-state index contributed by atoms with van der Waals surface area (Å²) in [5.41, 5.74) is 2.48. The minimum absolute atomic E-state index is 0.108. The van der Waals surface area contributed by atoms with Gasteiger partial charge in [-0.25, -0.2) is 4.98 Å². The van der Waals surface area contributed by atoms with Crippen LogP contribution in [-0.2, 0) is 19.4 Å². The van der Waals surface area contributed by atoms with Crippen LogP contribution in [0.1, 0.15) is 29.3 Å². The van der Waals surface area contributed by atoms with Gasteiger partial charge < -0.3 is 0 Å². The third-order valence-electron chi connectivity index (χ3n) is 4.89. The normalized spacial score (nSPS) is 16.6. The predicted molar refractivity (Wildman–Crippen MR) is 112 cm³/mol. The zero-order valence-corrected chi connectivity index (χ0v) is 16.5. The minimum atomic E-state index is 0.108. The molecule has 5 heteroatoms. The summed E-state index contributed by atoms with van der Waals surface area (Å²) < 4.78 is 1.85. The second-order valence-corrected chi connectivity index (χ2v) is 8.97. The highest BCUT2D eigenvalue weighted by atomic mass is 32.2. The maximum absolute atomic E-state index is 13.4. The Labute approximate surface area is 161 Å². The molecule has 0 amide bonds. The number of nitrogens with zero attached hydrogens (tertiary/aromatic N) is 2. The molecule has 4 rings (SSSR count). The van der Waals surface area contributed by atoms with E-state index in [1.54, 1.807) is 23.1 Å². The molecule has 3 nitrogen and oxygen atoms in total. The van der Waals surface area contributed by atoms with Crippen LogP contribution >= 0.6 is 23.1 Å². The molecule has 0 unspecified atom stereocenters. The van der Waals surface area contributed by atoms with Gasteiger partial charge in [0.2, 0.25) is 0 Å². The van der Waals surface area contributed by atoms with Crippen molar-refractivity contribution >= 4 is 33.3 Å². The van der Waals surface area contributed by atoms with Crippen molar-refractivity contribution in [2.45, 2.75) is 37.9 Å². The summed E-state index contributed by atoms with van der Waals surface area (Å²) in [6, 6.07) is 10.1. The molecule has 1 aliphatic rings. The smallest absolute Gasteiger partial charge is 0.263 e. The monoisotopic (exact) mass is 382 g/mol. The molecule has 0 bridgehead atoms. The largest absolute Gasteiger partial charge is 0.283 e. The molecule has 134 valence electrons. The summed E-state index contributed by atoms with van der Waals surface area (Å²) in [6.07, 6.45) is 5.13. The van der Waals surface area contributed by atoms with Gasteiger partial charge in [-0.3, -0.25) is 9.36 Å². The molecule has 1 aromatic carbocycles. The molecule has 1 atom stereocenters. The minimum Gasteiger partial charge on any atom is -0.283 e. The lowest BCUT2D eigenvalue weighted by molar-refractivity contribution is 0.508. The van der Waals surface area contributed by atoms with Crippen molar-refractivity contribution in [1.29, 1.82) is 0 Å². The molecule has 0 aliphatic heterocycles. The zero-order valence-electron chi connectivity index (χ0n) is 14.9. The first-order chi connectivity index (χ1) is 12.7. The summed E-state index contributed by atoms with van der Waals surface area (Å²) in [4.78, 5) is 20.6. The Morgan fingerprint density at radius 2 is 2.19 bits per heavy atom. The molecule has 0 saturated carbocycles. The maximum Gasteiger partial charge on any atom is 0.263 e. The van der Waals surface area contributed by atoms with Gasteiger partial charge in [-0.05, 0) is 36.3 Å². The van der Waals surface area contributed by atoms with Gasteiger partial charge in [0.1, 0.15) is 4.83 Å². The molecule has 0 saturated heterocycles. The maximum atomic E-state index is 13.4. The SMILES string of the molecule is C=CCSc1nc2sc3c(c2c(=O)n1Cc1ccccc1)C[C@@H](C)CC3. The topological polar surface area (TPSA) is 34.9 Å². The van der Waals surface area contributed by atoms with Crippen molar-refractivity contribution in [3.8, 4) is 0 Å².